The van der Waals surface area contributed by atoms with Gasteiger partial charge in [0, 0.05) is 6.54 Å². The second kappa shape index (κ2) is 7.35. The first-order chi connectivity index (χ1) is 10.5. The van der Waals surface area contributed by atoms with E-state index in [1.54, 1.807) is 12.1 Å². The van der Waals surface area contributed by atoms with Crippen molar-refractivity contribution >= 4 is 11.8 Å². The van der Waals surface area contributed by atoms with Gasteiger partial charge < -0.3 is 16.4 Å². The maximum Gasteiger partial charge on any atom is 0.239 e. The van der Waals surface area contributed by atoms with Crippen LogP contribution < -0.4 is 16.4 Å². The van der Waals surface area contributed by atoms with E-state index in [9.17, 15) is 14.0 Å². The Hall–Kier alpha value is -1.95. The lowest BCUT2D eigenvalue weighted by molar-refractivity contribution is -0.126. The Bertz CT molecular complexity index is 542. The molecule has 0 aromatic heterocycles. The molecule has 1 aromatic carbocycles. The second-order valence-corrected chi connectivity index (χ2v) is 5.82. The maximum atomic E-state index is 13.0. The predicted molar refractivity (Wildman–Crippen MR) is 81.5 cm³/mol. The maximum absolute atomic E-state index is 13.0. The molecule has 0 aliphatic heterocycles. The molecule has 1 saturated carbocycles. The van der Waals surface area contributed by atoms with Crippen LogP contribution in [0.3, 0.4) is 0 Å². The number of hydrogen-bond acceptors (Lipinski definition) is 3. The fraction of sp³-hybridized carbons (Fsp3) is 0.500. The van der Waals surface area contributed by atoms with Gasteiger partial charge in [-0.3, -0.25) is 9.59 Å². The molecule has 0 unspecified atom stereocenters. The fourth-order valence-electron chi connectivity index (χ4n) is 2.85. The summed E-state index contributed by atoms with van der Waals surface area (Å²) in [6.07, 6.45) is 3.93. The fourth-order valence-corrected chi connectivity index (χ4v) is 2.85. The van der Waals surface area contributed by atoms with Crippen LogP contribution in [0.15, 0.2) is 24.3 Å². The van der Waals surface area contributed by atoms with Gasteiger partial charge in [0.25, 0.3) is 0 Å². The third-order valence-electron chi connectivity index (χ3n) is 4.06. The van der Waals surface area contributed by atoms with Crippen LogP contribution in [0.25, 0.3) is 0 Å². The van der Waals surface area contributed by atoms with Gasteiger partial charge in [0.1, 0.15) is 5.82 Å². The summed E-state index contributed by atoms with van der Waals surface area (Å²) in [6.45, 7) is 0.325. The average molecular weight is 307 g/mol. The first kappa shape index (κ1) is 16.4. The van der Waals surface area contributed by atoms with E-state index in [-0.39, 0.29) is 36.1 Å². The molecule has 1 aliphatic carbocycles. The molecule has 0 spiro atoms. The SMILES string of the molecule is NCC1(NC(=O)CNC(=O)Cc2cccc(F)c2)CCCC1. The summed E-state index contributed by atoms with van der Waals surface area (Å²) >= 11 is 0. The molecule has 0 heterocycles. The molecule has 6 heteroatoms. The van der Waals surface area contributed by atoms with Gasteiger partial charge in [-0.25, -0.2) is 4.39 Å². The van der Waals surface area contributed by atoms with E-state index in [2.05, 4.69) is 10.6 Å². The first-order valence-electron chi connectivity index (χ1n) is 7.55. The predicted octanol–water partition coefficient (Wildman–Crippen LogP) is 0.872. The third kappa shape index (κ3) is 4.53. The molecule has 2 rings (SSSR count). The van der Waals surface area contributed by atoms with E-state index >= 15 is 0 Å². The average Bonchev–Trinajstić information content (AvgIpc) is 2.94. The molecule has 120 valence electrons. The van der Waals surface area contributed by atoms with Crippen molar-refractivity contribution < 1.29 is 14.0 Å². The van der Waals surface area contributed by atoms with Gasteiger partial charge in [-0.1, -0.05) is 25.0 Å². The molecule has 0 radical (unpaired) electrons. The number of rotatable bonds is 6. The lowest BCUT2D eigenvalue weighted by Gasteiger charge is -2.28. The van der Waals surface area contributed by atoms with Crippen LogP contribution in [0, 0.1) is 5.82 Å². The minimum Gasteiger partial charge on any atom is -0.348 e. The van der Waals surface area contributed by atoms with Gasteiger partial charge in [0.15, 0.2) is 0 Å². The lowest BCUT2D eigenvalue weighted by atomic mass is 9.98. The molecule has 1 fully saturated rings. The van der Waals surface area contributed by atoms with Crippen LogP contribution in [-0.2, 0) is 16.0 Å². The van der Waals surface area contributed by atoms with Crippen molar-refractivity contribution in [1.82, 2.24) is 10.6 Å². The number of nitrogens with one attached hydrogen (secondary N) is 2. The molecular formula is C16H22FN3O2. The normalized spacial score (nSPS) is 16.3. The summed E-state index contributed by atoms with van der Waals surface area (Å²) in [5.74, 6) is -0.928. The summed E-state index contributed by atoms with van der Waals surface area (Å²) in [4.78, 5) is 23.7. The van der Waals surface area contributed by atoms with E-state index in [0.717, 1.165) is 25.7 Å². The number of benzene rings is 1. The zero-order valence-electron chi connectivity index (χ0n) is 12.5. The number of hydrogen-bond donors (Lipinski definition) is 3. The highest BCUT2D eigenvalue weighted by Crippen LogP contribution is 2.28. The molecule has 22 heavy (non-hydrogen) atoms. The van der Waals surface area contributed by atoms with Crippen LogP contribution in [0.5, 0.6) is 0 Å². The van der Waals surface area contributed by atoms with Crippen LogP contribution in [0.4, 0.5) is 4.39 Å². The highest BCUT2D eigenvalue weighted by molar-refractivity contribution is 5.86. The topological polar surface area (TPSA) is 84.2 Å². The van der Waals surface area contributed by atoms with Crippen molar-refractivity contribution in [2.75, 3.05) is 13.1 Å². The Morgan fingerprint density at radius 1 is 1.23 bits per heavy atom. The Labute approximate surface area is 129 Å². The van der Waals surface area contributed by atoms with Crippen LogP contribution in [0.2, 0.25) is 0 Å². The van der Waals surface area contributed by atoms with E-state index in [1.165, 1.54) is 12.1 Å². The van der Waals surface area contributed by atoms with E-state index < -0.39 is 0 Å². The quantitative estimate of drug-likeness (QED) is 0.729. The summed E-state index contributed by atoms with van der Waals surface area (Å²) in [7, 11) is 0. The minimum absolute atomic E-state index is 0.0487. The number of carbonyl (C=O) groups excluding carboxylic acids is 2. The molecule has 5 nitrogen and oxygen atoms in total. The van der Waals surface area contributed by atoms with Crippen molar-refractivity contribution in [1.29, 1.82) is 0 Å². The van der Waals surface area contributed by atoms with Gasteiger partial charge in [0.05, 0.1) is 18.5 Å². The number of carbonyl (C=O) groups is 2. The molecule has 0 saturated heterocycles. The highest BCUT2D eigenvalue weighted by atomic mass is 19.1. The summed E-state index contributed by atoms with van der Waals surface area (Å²) in [6, 6.07) is 5.85. The zero-order valence-corrected chi connectivity index (χ0v) is 12.5. The third-order valence-corrected chi connectivity index (χ3v) is 4.06. The highest BCUT2D eigenvalue weighted by Gasteiger charge is 2.33. The van der Waals surface area contributed by atoms with Gasteiger partial charge in [-0.05, 0) is 30.5 Å². The Balaban J connectivity index is 1.77. The van der Waals surface area contributed by atoms with Crippen LogP contribution in [0.1, 0.15) is 31.2 Å². The van der Waals surface area contributed by atoms with Crippen LogP contribution in [-0.4, -0.2) is 30.4 Å². The molecule has 0 bridgehead atoms. The Morgan fingerprint density at radius 3 is 2.59 bits per heavy atom. The van der Waals surface area contributed by atoms with Gasteiger partial charge in [-0.15, -0.1) is 0 Å². The van der Waals surface area contributed by atoms with Crippen molar-refractivity contribution in [2.24, 2.45) is 5.73 Å². The number of nitrogens with two attached hydrogens (primary N) is 1. The molecule has 2 amide bonds. The van der Waals surface area contributed by atoms with E-state index in [4.69, 9.17) is 5.73 Å². The van der Waals surface area contributed by atoms with Gasteiger partial charge in [0.2, 0.25) is 11.8 Å². The molecule has 4 N–H and O–H groups in total. The molecular weight excluding hydrogens is 285 g/mol. The van der Waals surface area contributed by atoms with Gasteiger partial charge in [-0.2, -0.15) is 0 Å². The summed E-state index contributed by atoms with van der Waals surface area (Å²) < 4.78 is 13.0. The Kier molecular flexibility index (Phi) is 5.49. The number of halogens is 1. The molecule has 1 aromatic rings. The molecule has 0 atom stereocenters. The number of amides is 2. The van der Waals surface area contributed by atoms with E-state index in [0.29, 0.717) is 12.1 Å². The first-order valence-corrected chi connectivity index (χ1v) is 7.55. The van der Waals surface area contributed by atoms with Crippen molar-refractivity contribution in [2.45, 2.75) is 37.6 Å². The standard InChI is InChI=1S/C16H22FN3O2/c17-13-5-3-4-12(8-13)9-14(21)19-10-15(22)20-16(11-18)6-1-2-7-16/h3-5,8H,1-2,6-7,9-11,18H2,(H,19,21)(H,20,22). The zero-order chi connectivity index (χ0) is 16.0. The van der Waals surface area contributed by atoms with Crippen molar-refractivity contribution in [3.63, 3.8) is 0 Å². The second-order valence-electron chi connectivity index (χ2n) is 5.82. The molecule has 1 aliphatic rings. The summed E-state index contributed by atoms with van der Waals surface area (Å²) in [5, 5.41) is 5.48. The minimum atomic E-state index is -0.380. The van der Waals surface area contributed by atoms with Crippen molar-refractivity contribution in [3.05, 3.63) is 35.6 Å². The van der Waals surface area contributed by atoms with E-state index in [1.807, 2.05) is 0 Å². The smallest absolute Gasteiger partial charge is 0.239 e. The lowest BCUT2D eigenvalue weighted by Crippen LogP contribution is -2.54. The largest absolute Gasteiger partial charge is 0.348 e. The monoisotopic (exact) mass is 307 g/mol. The Morgan fingerprint density at radius 2 is 1.95 bits per heavy atom. The summed E-state index contributed by atoms with van der Waals surface area (Å²) in [5.41, 5.74) is 6.01. The van der Waals surface area contributed by atoms with Crippen molar-refractivity contribution in [3.8, 4) is 0 Å². The van der Waals surface area contributed by atoms with Crippen LogP contribution >= 0.6 is 0 Å². The van der Waals surface area contributed by atoms with Gasteiger partial charge >= 0.3 is 0 Å².